The highest BCUT2D eigenvalue weighted by Crippen LogP contribution is 2.29. The third kappa shape index (κ3) is 3.45. The van der Waals surface area contributed by atoms with Crippen LogP contribution >= 0.6 is 0 Å². The Morgan fingerprint density at radius 1 is 1.16 bits per heavy atom. The second kappa shape index (κ2) is 7.85. The Balaban J connectivity index is 1.78. The van der Waals surface area contributed by atoms with Gasteiger partial charge in [0.25, 0.3) is 0 Å². The largest absolute Gasteiger partial charge is 0.479 e. The van der Waals surface area contributed by atoms with Crippen molar-refractivity contribution in [3.63, 3.8) is 0 Å². The van der Waals surface area contributed by atoms with Crippen molar-refractivity contribution in [3.8, 4) is 23.3 Å². The Labute approximate surface area is 176 Å². The van der Waals surface area contributed by atoms with Gasteiger partial charge in [0.05, 0.1) is 18.5 Å². The Kier molecular flexibility index (Phi) is 5.06. The molecular formula is C20H18N8O3. The third-order valence-corrected chi connectivity index (χ3v) is 4.81. The number of aliphatic hydroxyl groups excluding tert-OH is 1. The van der Waals surface area contributed by atoms with Crippen LogP contribution in [0.4, 0.5) is 0 Å². The zero-order chi connectivity index (χ0) is 22.1. The fourth-order valence-corrected chi connectivity index (χ4v) is 3.26. The molecular weight excluding hydrogens is 400 g/mol. The minimum Gasteiger partial charge on any atom is -0.479 e. The van der Waals surface area contributed by atoms with Gasteiger partial charge in [0, 0.05) is 18.8 Å². The molecule has 3 aromatic heterocycles. The molecule has 1 N–H and O–H groups in total. The van der Waals surface area contributed by atoms with E-state index in [4.69, 9.17) is 10.00 Å². The van der Waals surface area contributed by atoms with E-state index in [1.165, 1.54) is 18.8 Å². The molecule has 0 amide bonds. The van der Waals surface area contributed by atoms with Gasteiger partial charge in [0.15, 0.2) is 0 Å². The number of aliphatic hydroxyl groups is 1. The number of nitriles is 1. The normalized spacial score (nSPS) is 11.8. The van der Waals surface area contributed by atoms with Gasteiger partial charge in [-0.1, -0.05) is 12.1 Å². The fraction of sp³-hybridized carbons (Fsp3) is 0.200. The summed E-state index contributed by atoms with van der Waals surface area (Å²) in [6, 6.07) is 12.1. The first-order valence-electron chi connectivity index (χ1n) is 9.22. The van der Waals surface area contributed by atoms with E-state index in [-0.39, 0.29) is 11.6 Å². The van der Waals surface area contributed by atoms with Gasteiger partial charge >= 0.3 is 5.69 Å². The molecule has 0 fully saturated rings. The van der Waals surface area contributed by atoms with Gasteiger partial charge in [0.1, 0.15) is 23.6 Å². The van der Waals surface area contributed by atoms with E-state index in [0.717, 1.165) is 14.9 Å². The van der Waals surface area contributed by atoms with E-state index in [1.807, 2.05) is 19.1 Å². The molecule has 4 rings (SSSR count). The fourth-order valence-electron chi connectivity index (χ4n) is 3.26. The molecule has 11 nitrogen and oxygen atoms in total. The molecule has 3 heterocycles. The topological polar surface area (TPSA) is 137 Å². The Morgan fingerprint density at radius 2 is 1.97 bits per heavy atom. The quantitative estimate of drug-likeness (QED) is 0.503. The Hall–Kier alpha value is -4.30. The molecule has 31 heavy (non-hydrogen) atoms. The number of aromatic nitrogens is 7. The molecule has 1 aromatic carbocycles. The van der Waals surface area contributed by atoms with Gasteiger partial charge < -0.3 is 9.84 Å². The second-order valence-electron chi connectivity index (χ2n) is 6.73. The molecule has 11 heteroatoms. The molecule has 0 aliphatic rings. The second-order valence-corrected chi connectivity index (χ2v) is 6.73. The lowest BCUT2D eigenvalue weighted by Gasteiger charge is -2.16. The molecule has 156 valence electrons. The predicted octanol–water partition coefficient (Wildman–Crippen LogP) is 0.817. The van der Waals surface area contributed by atoms with Crippen LogP contribution in [0.3, 0.4) is 0 Å². The lowest BCUT2D eigenvalue weighted by molar-refractivity contribution is 0.213. The van der Waals surface area contributed by atoms with Gasteiger partial charge in [0.2, 0.25) is 5.88 Å². The maximum absolute atomic E-state index is 12.4. The van der Waals surface area contributed by atoms with Gasteiger partial charge in [-0.3, -0.25) is 0 Å². The molecule has 1 unspecified atom stereocenters. The van der Waals surface area contributed by atoms with Crippen molar-refractivity contribution in [2.45, 2.75) is 13.0 Å². The summed E-state index contributed by atoms with van der Waals surface area (Å²) < 4.78 is 9.01. The summed E-state index contributed by atoms with van der Waals surface area (Å²) in [5, 5.41) is 32.3. The molecule has 0 saturated heterocycles. The van der Waals surface area contributed by atoms with Crippen LogP contribution in [0.1, 0.15) is 28.6 Å². The first kappa shape index (κ1) is 20.0. The summed E-state index contributed by atoms with van der Waals surface area (Å²) in [5.41, 5.74) is 2.30. The smallest absolute Gasteiger partial charge is 0.368 e. The number of methoxy groups -OCH3 is 1. The summed E-state index contributed by atoms with van der Waals surface area (Å²) in [7, 11) is 2.95. The highest BCUT2D eigenvalue weighted by atomic mass is 16.5. The standard InChI is InChI=1S/C20H18N8O3/c1-12-5-4-6-15(28-20(30)26(2)24-25-28)17(12)18(29)14-9-10-27(23-14)16-8-7-13(11-21)22-19(16)31-3/h4-10,18,29H,1-3H3. The number of pyridine rings is 1. The first-order chi connectivity index (χ1) is 14.9. The SMILES string of the molecule is COc1nc(C#N)ccc1-n1ccc(C(O)c2c(C)cccc2-n2nnn(C)c2=O)n1. The number of ether oxygens (including phenoxy) is 1. The van der Waals surface area contributed by atoms with E-state index in [0.29, 0.717) is 22.6 Å². The van der Waals surface area contributed by atoms with Crippen LogP contribution in [0, 0.1) is 18.3 Å². The lowest BCUT2D eigenvalue weighted by Crippen LogP contribution is -2.23. The number of tetrazole rings is 1. The van der Waals surface area contributed by atoms with Crippen LogP contribution in [-0.4, -0.2) is 46.8 Å². The molecule has 0 aliphatic carbocycles. The lowest BCUT2D eigenvalue weighted by atomic mass is 9.99. The van der Waals surface area contributed by atoms with Crippen LogP contribution in [0.2, 0.25) is 0 Å². The van der Waals surface area contributed by atoms with Crippen molar-refractivity contribution in [2.24, 2.45) is 7.05 Å². The summed E-state index contributed by atoms with van der Waals surface area (Å²) >= 11 is 0. The number of aryl methyl sites for hydroxylation is 2. The van der Waals surface area contributed by atoms with Gasteiger partial charge in [-0.25, -0.2) is 14.5 Å². The van der Waals surface area contributed by atoms with Gasteiger partial charge in [-0.2, -0.15) is 19.7 Å². The number of hydrogen-bond donors (Lipinski definition) is 1. The zero-order valence-electron chi connectivity index (χ0n) is 17.0. The Morgan fingerprint density at radius 3 is 2.65 bits per heavy atom. The summed E-state index contributed by atoms with van der Waals surface area (Å²) in [4.78, 5) is 16.5. The van der Waals surface area contributed by atoms with E-state index < -0.39 is 11.8 Å². The summed E-state index contributed by atoms with van der Waals surface area (Å²) in [6.07, 6.45) is 0.514. The van der Waals surface area contributed by atoms with Crippen LogP contribution < -0.4 is 10.4 Å². The zero-order valence-corrected chi connectivity index (χ0v) is 17.0. The number of nitrogens with zero attached hydrogens (tertiary/aromatic N) is 8. The van der Waals surface area contributed by atoms with Gasteiger partial charge in [-0.15, -0.1) is 0 Å². The van der Waals surface area contributed by atoms with Crippen LogP contribution in [-0.2, 0) is 7.05 Å². The molecule has 0 bridgehead atoms. The maximum atomic E-state index is 12.4. The minimum absolute atomic E-state index is 0.215. The van der Waals surface area contributed by atoms with Crippen molar-refractivity contribution in [3.05, 3.63) is 75.6 Å². The highest BCUT2D eigenvalue weighted by molar-refractivity contribution is 5.49. The number of benzene rings is 1. The van der Waals surface area contributed by atoms with Crippen molar-refractivity contribution in [2.75, 3.05) is 7.11 Å². The van der Waals surface area contributed by atoms with Crippen LogP contribution in [0.25, 0.3) is 11.4 Å². The molecule has 1 atom stereocenters. The Bertz CT molecular complexity index is 1360. The molecule has 0 saturated carbocycles. The average molecular weight is 418 g/mol. The van der Waals surface area contributed by atoms with Crippen molar-refractivity contribution < 1.29 is 9.84 Å². The first-order valence-corrected chi connectivity index (χ1v) is 9.22. The van der Waals surface area contributed by atoms with Gasteiger partial charge in [-0.05, 0) is 47.2 Å². The number of rotatable bonds is 5. The van der Waals surface area contributed by atoms with Crippen molar-refractivity contribution in [1.29, 1.82) is 5.26 Å². The minimum atomic E-state index is -1.14. The van der Waals surface area contributed by atoms with Crippen LogP contribution in [0.15, 0.2) is 47.4 Å². The predicted molar refractivity (Wildman–Crippen MR) is 108 cm³/mol. The van der Waals surface area contributed by atoms with E-state index in [2.05, 4.69) is 20.5 Å². The molecule has 0 aliphatic heterocycles. The monoisotopic (exact) mass is 418 g/mol. The molecule has 0 spiro atoms. The summed E-state index contributed by atoms with van der Waals surface area (Å²) in [6.45, 7) is 1.83. The van der Waals surface area contributed by atoms with Crippen LogP contribution in [0.5, 0.6) is 5.88 Å². The molecule has 0 radical (unpaired) electrons. The van der Waals surface area contributed by atoms with Crippen molar-refractivity contribution in [1.82, 2.24) is 34.6 Å². The van der Waals surface area contributed by atoms with E-state index in [9.17, 15) is 9.90 Å². The highest BCUT2D eigenvalue weighted by Gasteiger charge is 2.23. The summed E-state index contributed by atoms with van der Waals surface area (Å²) in [5.74, 6) is 0.228. The van der Waals surface area contributed by atoms with Crippen molar-refractivity contribution >= 4 is 0 Å². The molecule has 4 aromatic rings. The number of hydrogen-bond acceptors (Lipinski definition) is 8. The van der Waals surface area contributed by atoms with E-state index >= 15 is 0 Å². The average Bonchev–Trinajstić information content (AvgIpc) is 3.40. The maximum Gasteiger partial charge on any atom is 0.368 e. The third-order valence-electron chi connectivity index (χ3n) is 4.81. The van der Waals surface area contributed by atoms with E-state index in [1.54, 1.807) is 36.5 Å².